The molecule has 3 nitrogen and oxygen atoms in total. The standard InChI is InChI=1S/C14H11BrN2OS/c1-18-9-3-4-11(16)10(7-9)14-17-12-6-8(15)2-5-13(12)19-14/h2-7H,16H2,1H3. The van der Waals surface area contributed by atoms with Crippen LogP contribution in [0.25, 0.3) is 20.8 Å². The summed E-state index contributed by atoms with van der Waals surface area (Å²) in [6.45, 7) is 0. The molecule has 2 aromatic carbocycles. The normalized spacial score (nSPS) is 10.8. The number of nitrogen functional groups attached to an aromatic ring is 1. The smallest absolute Gasteiger partial charge is 0.126 e. The number of fused-ring (bicyclic) bond motifs is 1. The van der Waals surface area contributed by atoms with Gasteiger partial charge in [0.15, 0.2) is 0 Å². The molecule has 0 saturated carbocycles. The molecule has 0 aliphatic heterocycles. The summed E-state index contributed by atoms with van der Waals surface area (Å²) >= 11 is 5.08. The zero-order valence-electron chi connectivity index (χ0n) is 10.2. The molecule has 0 aliphatic carbocycles. The van der Waals surface area contributed by atoms with Gasteiger partial charge in [0, 0.05) is 15.7 Å². The number of halogens is 1. The number of methoxy groups -OCH3 is 1. The van der Waals surface area contributed by atoms with E-state index in [1.807, 2.05) is 30.3 Å². The largest absolute Gasteiger partial charge is 0.497 e. The molecule has 0 unspecified atom stereocenters. The second-order valence-electron chi connectivity index (χ2n) is 4.08. The van der Waals surface area contributed by atoms with Gasteiger partial charge in [0.05, 0.1) is 17.3 Å². The Bertz CT molecular complexity index is 754. The number of hydrogen-bond donors (Lipinski definition) is 1. The van der Waals surface area contributed by atoms with E-state index in [-0.39, 0.29) is 0 Å². The average Bonchev–Trinajstić information content (AvgIpc) is 2.82. The molecule has 0 fully saturated rings. The van der Waals surface area contributed by atoms with Crippen LogP contribution in [0.3, 0.4) is 0 Å². The predicted molar refractivity (Wildman–Crippen MR) is 83.7 cm³/mol. The monoisotopic (exact) mass is 334 g/mol. The van der Waals surface area contributed by atoms with Crippen molar-refractivity contribution in [3.05, 3.63) is 40.9 Å². The highest BCUT2D eigenvalue weighted by Gasteiger charge is 2.10. The van der Waals surface area contributed by atoms with Crippen molar-refractivity contribution in [2.24, 2.45) is 0 Å². The lowest BCUT2D eigenvalue weighted by atomic mass is 10.2. The van der Waals surface area contributed by atoms with Gasteiger partial charge in [-0.2, -0.15) is 0 Å². The summed E-state index contributed by atoms with van der Waals surface area (Å²) < 4.78 is 7.40. The van der Waals surface area contributed by atoms with Crippen molar-refractivity contribution in [2.75, 3.05) is 12.8 Å². The minimum atomic E-state index is 0.707. The zero-order valence-corrected chi connectivity index (χ0v) is 12.6. The minimum absolute atomic E-state index is 0.707. The minimum Gasteiger partial charge on any atom is -0.497 e. The van der Waals surface area contributed by atoms with Gasteiger partial charge in [-0.15, -0.1) is 11.3 Å². The fraction of sp³-hybridized carbons (Fsp3) is 0.0714. The number of thiazole rings is 1. The topological polar surface area (TPSA) is 48.1 Å². The summed E-state index contributed by atoms with van der Waals surface area (Å²) in [5.74, 6) is 0.782. The van der Waals surface area contributed by atoms with Gasteiger partial charge >= 0.3 is 0 Å². The van der Waals surface area contributed by atoms with E-state index in [2.05, 4.69) is 27.0 Å². The SMILES string of the molecule is COc1ccc(N)c(-c2nc3cc(Br)ccc3s2)c1. The molecule has 1 heterocycles. The van der Waals surface area contributed by atoms with Crippen LogP contribution in [0.5, 0.6) is 5.75 Å². The highest BCUT2D eigenvalue weighted by Crippen LogP contribution is 2.36. The van der Waals surface area contributed by atoms with Crippen LogP contribution in [0.2, 0.25) is 0 Å². The lowest BCUT2D eigenvalue weighted by Gasteiger charge is -2.05. The number of nitrogens with two attached hydrogens (primary N) is 1. The molecule has 3 rings (SSSR count). The van der Waals surface area contributed by atoms with Crippen LogP contribution in [-0.2, 0) is 0 Å². The van der Waals surface area contributed by atoms with Gasteiger partial charge in [-0.25, -0.2) is 4.98 Å². The Hall–Kier alpha value is -1.59. The number of ether oxygens (including phenoxy) is 1. The van der Waals surface area contributed by atoms with Crippen molar-refractivity contribution < 1.29 is 4.74 Å². The highest BCUT2D eigenvalue weighted by atomic mass is 79.9. The van der Waals surface area contributed by atoms with Gasteiger partial charge in [-0.1, -0.05) is 15.9 Å². The first-order valence-corrected chi connectivity index (χ1v) is 7.28. The van der Waals surface area contributed by atoms with E-state index >= 15 is 0 Å². The molecule has 2 N–H and O–H groups in total. The van der Waals surface area contributed by atoms with Gasteiger partial charge in [0.1, 0.15) is 10.8 Å². The molecule has 0 bridgehead atoms. The molecular weight excluding hydrogens is 324 g/mol. The van der Waals surface area contributed by atoms with E-state index in [0.29, 0.717) is 5.69 Å². The van der Waals surface area contributed by atoms with Crippen molar-refractivity contribution in [2.45, 2.75) is 0 Å². The molecule has 0 radical (unpaired) electrons. The molecule has 0 saturated heterocycles. The molecule has 0 aliphatic rings. The van der Waals surface area contributed by atoms with Crippen LogP contribution in [0.4, 0.5) is 5.69 Å². The van der Waals surface area contributed by atoms with Crippen LogP contribution in [0.1, 0.15) is 0 Å². The van der Waals surface area contributed by atoms with Gasteiger partial charge in [0.2, 0.25) is 0 Å². The quantitative estimate of drug-likeness (QED) is 0.710. The number of anilines is 1. The first-order valence-electron chi connectivity index (χ1n) is 5.67. The number of benzene rings is 2. The van der Waals surface area contributed by atoms with Crippen molar-refractivity contribution >= 4 is 43.2 Å². The van der Waals surface area contributed by atoms with Crippen molar-refractivity contribution in [1.82, 2.24) is 4.98 Å². The van der Waals surface area contributed by atoms with Crippen LogP contribution < -0.4 is 10.5 Å². The lowest BCUT2D eigenvalue weighted by Crippen LogP contribution is -1.91. The van der Waals surface area contributed by atoms with E-state index in [0.717, 1.165) is 31.0 Å². The van der Waals surface area contributed by atoms with Gasteiger partial charge in [0.25, 0.3) is 0 Å². The zero-order chi connectivity index (χ0) is 13.4. The summed E-state index contributed by atoms with van der Waals surface area (Å²) in [5, 5.41) is 0.907. The van der Waals surface area contributed by atoms with Crippen LogP contribution in [0.15, 0.2) is 40.9 Å². The Balaban J connectivity index is 2.18. The molecule has 1 aromatic heterocycles. The molecule has 5 heteroatoms. The Labute approximate surface area is 123 Å². The van der Waals surface area contributed by atoms with Gasteiger partial charge in [-0.05, 0) is 36.4 Å². The molecule has 0 amide bonds. The van der Waals surface area contributed by atoms with Gasteiger partial charge in [-0.3, -0.25) is 0 Å². The van der Waals surface area contributed by atoms with E-state index in [1.165, 1.54) is 0 Å². The average molecular weight is 335 g/mol. The number of hydrogen-bond acceptors (Lipinski definition) is 4. The Kier molecular flexibility index (Phi) is 3.16. The number of aromatic nitrogens is 1. The third-order valence-corrected chi connectivity index (χ3v) is 4.40. The van der Waals surface area contributed by atoms with E-state index in [1.54, 1.807) is 18.4 Å². The van der Waals surface area contributed by atoms with Crippen molar-refractivity contribution in [1.29, 1.82) is 0 Å². The maximum absolute atomic E-state index is 6.03. The molecule has 3 aromatic rings. The number of nitrogens with zero attached hydrogens (tertiary/aromatic N) is 1. The summed E-state index contributed by atoms with van der Waals surface area (Å²) in [4.78, 5) is 4.63. The predicted octanol–water partition coefficient (Wildman–Crippen LogP) is 4.32. The summed E-state index contributed by atoms with van der Waals surface area (Å²) in [6, 6.07) is 11.7. The third-order valence-electron chi connectivity index (χ3n) is 2.84. The molecule has 96 valence electrons. The number of rotatable bonds is 2. The molecule has 0 spiro atoms. The molecule has 19 heavy (non-hydrogen) atoms. The fourth-order valence-corrected chi connectivity index (χ4v) is 3.20. The molecular formula is C14H11BrN2OS. The van der Waals surface area contributed by atoms with E-state index in [4.69, 9.17) is 10.5 Å². The van der Waals surface area contributed by atoms with Crippen LogP contribution in [-0.4, -0.2) is 12.1 Å². The van der Waals surface area contributed by atoms with Crippen molar-refractivity contribution in [3.8, 4) is 16.3 Å². The summed E-state index contributed by atoms with van der Waals surface area (Å²) in [7, 11) is 1.64. The lowest BCUT2D eigenvalue weighted by molar-refractivity contribution is 0.415. The molecule has 0 atom stereocenters. The van der Waals surface area contributed by atoms with Crippen molar-refractivity contribution in [3.63, 3.8) is 0 Å². The first kappa shape index (κ1) is 12.4. The maximum atomic E-state index is 6.03. The Morgan fingerprint density at radius 2 is 2.05 bits per heavy atom. The van der Waals surface area contributed by atoms with Gasteiger partial charge < -0.3 is 10.5 Å². The second-order valence-corrected chi connectivity index (χ2v) is 6.03. The Morgan fingerprint density at radius 3 is 2.84 bits per heavy atom. The third kappa shape index (κ3) is 2.31. The van der Waals surface area contributed by atoms with Crippen LogP contribution >= 0.6 is 27.3 Å². The first-order chi connectivity index (χ1) is 9.17. The maximum Gasteiger partial charge on any atom is 0.126 e. The second kappa shape index (κ2) is 4.83. The highest BCUT2D eigenvalue weighted by molar-refractivity contribution is 9.10. The summed E-state index contributed by atoms with van der Waals surface area (Å²) in [5.41, 5.74) is 8.62. The fourth-order valence-electron chi connectivity index (χ4n) is 1.86. The van der Waals surface area contributed by atoms with E-state index < -0.39 is 0 Å². The van der Waals surface area contributed by atoms with E-state index in [9.17, 15) is 0 Å². The van der Waals surface area contributed by atoms with Crippen LogP contribution in [0, 0.1) is 0 Å². The summed E-state index contributed by atoms with van der Waals surface area (Å²) in [6.07, 6.45) is 0. The Morgan fingerprint density at radius 1 is 1.21 bits per heavy atom.